The van der Waals surface area contributed by atoms with Crippen molar-refractivity contribution in [3.63, 3.8) is 0 Å². The van der Waals surface area contributed by atoms with Crippen molar-refractivity contribution in [2.45, 2.75) is 31.8 Å². The summed E-state index contributed by atoms with van der Waals surface area (Å²) in [5.41, 5.74) is 1.40. The second kappa shape index (κ2) is 7.06. The van der Waals surface area contributed by atoms with Crippen LogP contribution in [0.25, 0.3) is 5.52 Å². The minimum atomic E-state index is -1.50. The molecule has 0 unspecified atom stereocenters. The molecule has 1 fully saturated rings. The Labute approximate surface area is 153 Å². The van der Waals surface area contributed by atoms with Gasteiger partial charge in [-0.2, -0.15) is 5.10 Å². The van der Waals surface area contributed by atoms with E-state index in [1.807, 2.05) is 18.2 Å². The lowest BCUT2D eigenvalue weighted by Crippen LogP contribution is -2.34. The van der Waals surface area contributed by atoms with Crippen molar-refractivity contribution in [1.82, 2.24) is 9.61 Å². The van der Waals surface area contributed by atoms with Crippen molar-refractivity contribution in [1.29, 1.82) is 0 Å². The van der Waals surface area contributed by atoms with Crippen molar-refractivity contribution in [3.05, 3.63) is 65.7 Å². The van der Waals surface area contributed by atoms with Crippen LogP contribution in [0.4, 0.5) is 13.2 Å². The predicted octanol–water partition coefficient (Wildman–Crippen LogP) is 4.57. The quantitative estimate of drug-likeness (QED) is 0.469. The van der Waals surface area contributed by atoms with Crippen LogP contribution in [-0.2, 0) is 0 Å². The number of ketones is 1. The molecule has 0 radical (unpaired) electrons. The second-order valence-electron chi connectivity index (χ2n) is 6.83. The van der Waals surface area contributed by atoms with E-state index in [1.165, 1.54) is 0 Å². The Bertz CT molecular complexity index is 973. The lowest BCUT2D eigenvalue weighted by molar-refractivity contribution is 0.0571. The van der Waals surface area contributed by atoms with Crippen molar-refractivity contribution in [2.75, 3.05) is 0 Å². The van der Waals surface area contributed by atoms with Gasteiger partial charge in [0, 0.05) is 24.8 Å². The Morgan fingerprint density at radius 3 is 2.67 bits per heavy atom. The van der Waals surface area contributed by atoms with E-state index >= 15 is 0 Å². The Balaban J connectivity index is 1.28. The molecule has 0 bridgehead atoms. The normalized spacial score (nSPS) is 19.1. The summed E-state index contributed by atoms with van der Waals surface area (Å²) >= 11 is 0. The van der Waals surface area contributed by atoms with Gasteiger partial charge in [-0.3, -0.25) is 4.79 Å². The number of carbonyl (C=O) groups is 1. The summed E-state index contributed by atoms with van der Waals surface area (Å²) < 4.78 is 46.5. The molecular formula is C20H17F3N2O2. The molecule has 1 aliphatic carbocycles. The number of benzene rings is 1. The van der Waals surface area contributed by atoms with E-state index in [2.05, 4.69) is 5.10 Å². The second-order valence-corrected chi connectivity index (χ2v) is 6.83. The van der Waals surface area contributed by atoms with Gasteiger partial charge in [0.15, 0.2) is 23.2 Å². The molecule has 1 aromatic carbocycles. The van der Waals surface area contributed by atoms with E-state index < -0.39 is 17.5 Å². The molecule has 0 saturated heterocycles. The molecular weight excluding hydrogens is 357 g/mol. The number of Topliss-reactive ketones (excluding diaryl/α,β-unsaturated/α-hetero) is 1. The minimum Gasteiger partial charge on any atom is -0.490 e. The van der Waals surface area contributed by atoms with Crippen LogP contribution in [0.2, 0.25) is 0 Å². The number of ether oxygens (including phenoxy) is 1. The highest BCUT2D eigenvalue weighted by atomic mass is 19.2. The molecule has 0 aliphatic heterocycles. The zero-order valence-corrected chi connectivity index (χ0v) is 14.4. The Kier molecular flexibility index (Phi) is 4.59. The molecule has 3 aromatic rings. The Morgan fingerprint density at radius 2 is 1.93 bits per heavy atom. The first-order valence-corrected chi connectivity index (χ1v) is 8.78. The summed E-state index contributed by atoms with van der Waals surface area (Å²) in [6.45, 7) is 0. The topological polar surface area (TPSA) is 43.6 Å². The van der Waals surface area contributed by atoms with Gasteiger partial charge in [-0.25, -0.2) is 17.7 Å². The van der Waals surface area contributed by atoms with Crippen LogP contribution in [0.3, 0.4) is 0 Å². The van der Waals surface area contributed by atoms with Gasteiger partial charge >= 0.3 is 0 Å². The molecule has 2 heterocycles. The van der Waals surface area contributed by atoms with Crippen molar-refractivity contribution in [2.24, 2.45) is 5.92 Å². The molecule has 27 heavy (non-hydrogen) atoms. The maximum Gasteiger partial charge on any atom is 0.194 e. The number of hydrogen-bond acceptors (Lipinski definition) is 3. The Morgan fingerprint density at radius 1 is 1.19 bits per heavy atom. The average Bonchev–Trinajstić information content (AvgIpc) is 3.05. The van der Waals surface area contributed by atoms with E-state index in [-0.39, 0.29) is 17.6 Å². The summed E-state index contributed by atoms with van der Waals surface area (Å²) in [7, 11) is 0. The monoisotopic (exact) mass is 374 g/mol. The molecule has 2 aromatic heterocycles. The molecule has 1 aliphatic rings. The van der Waals surface area contributed by atoms with Crippen LogP contribution < -0.4 is 4.74 Å². The van der Waals surface area contributed by atoms with E-state index in [9.17, 15) is 18.0 Å². The molecule has 7 heteroatoms. The third-order valence-corrected chi connectivity index (χ3v) is 4.96. The van der Waals surface area contributed by atoms with Crippen molar-refractivity contribution < 1.29 is 22.7 Å². The zero-order chi connectivity index (χ0) is 19.0. The molecule has 0 atom stereocenters. The number of nitrogens with zero attached hydrogens (tertiary/aromatic N) is 2. The molecule has 140 valence electrons. The zero-order valence-electron chi connectivity index (χ0n) is 14.4. The van der Waals surface area contributed by atoms with Crippen LogP contribution in [-0.4, -0.2) is 21.5 Å². The molecule has 4 rings (SSSR count). The SMILES string of the molecule is O=C(CCC1CC(Oc2cc(F)c(F)c(F)c2)C1)c1cnn2ccccc12. The van der Waals surface area contributed by atoms with Gasteiger partial charge in [-0.1, -0.05) is 6.07 Å². The number of halogens is 3. The maximum absolute atomic E-state index is 13.2. The van der Waals surface area contributed by atoms with Crippen LogP contribution in [0.1, 0.15) is 36.0 Å². The maximum atomic E-state index is 13.2. The molecule has 0 spiro atoms. The molecule has 1 saturated carbocycles. The number of aromatic nitrogens is 2. The Hall–Kier alpha value is -2.83. The van der Waals surface area contributed by atoms with E-state index in [0.717, 1.165) is 24.1 Å². The molecule has 0 amide bonds. The summed E-state index contributed by atoms with van der Waals surface area (Å²) in [4.78, 5) is 12.4. The van der Waals surface area contributed by atoms with Gasteiger partial charge in [0.2, 0.25) is 0 Å². The van der Waals surface area contributed by atoms with Crippen molar-refractivity contribution in [3.8, 4) is 5.75 Å². The fraction of sp³-hybridized carbons (Fsp3) is 0.300. The number of rotatable bonds is 6. The number of fused-ring (bicyclic) bond motifs is 1. The van der Waals surface area contributed by atoms with Crippen LogP contribution in [0, 0.1) is 23.4 Å². The number of hydrogen-bond donors (Lipinski definition) is 0. The minimum absolute atomic E-state index is 0.0164. The summed E-state index contributed by atoms with van der Waals surface area (Å²) in [5, 5.41) is 4.17. The lowest BCUT2D eigenvalue weighted by Gasteiger charge is -2.35. The van der Waals surface area contributed by atoms with Crippen molar-refractivity contribution >= 4 is 11.3 Å². The largest absolute Gasteiger partial charge is 0.490 e. The summed E-state index contributed by atoms with van der Waals surface area (Å²) in [6.07, 6.45) is 5.72. The number of carbonyl (C=O) groups excluding carboxylic acids is 1. The van der Waals surface area contributed by atoms with Gasteiger partial charge in [-0.15, -0.1) is 0 Å². The van der Waals surface area contributed by atoms with E-state index in [4.69, 9.17) is 4.74 Å². The highest BCUT2D eigenvalue weighted by molar-refractivity contribution is 6.02. The van der Waals surface area contributed by atoms with Gasteiger partial charge in [-0.05, 0) is 37.3 Å². The predicted molar refractivity (Wildman–Crippen MR) is 92.2 cm³/mol. The van der Waals surface area contributed by atoms with Crippen LogP contribution >= 0.6 is 0 Å². The average molecular weight is 374 g/mol. The fourth-order valence-electron chi connectivity index (χ4n) is 3.42. The third kappa shape index (κ3) is 3.54. The smallest absolute Gasteiger partial charge is 0.194 e. The van der Waals surface area contributed by atoms with Gasteiger partial charge in [0.25, 0.3) is 0 Å². The molecule has 0 N–H and O–H groups in total. The first kappa shape index (κ1) is 17.6. The first-order chi connectivity index (χ1) is 13.0. The number of pyridine rings is 1. The van der Waals surface area contributed by atoms with E-state index in [0.29, 0.717) is 30.7 Å². The van der Waals surface area contributed by atoms with Crippen LogP contribution in [0.5, 0.6) is 5.75 Å². The summed E-state index contributed by atoms with van der Waals surface area (Å²) in [5.74, 6) is -3.68. The van der Waals surface area contributed by atoms with Gasteiger partial charge in [0.1, 0.15) is 5.75 Å². The first-order valence-electron chi connectivity index (χ1n) is 8.78. The third-order valence-electron chi connectivity index (χ3n) is 4.96. The lowest BCUT2D eigenvalue weighted by atomic mass is 9.78. The van der Waals surface area contributed by atoms with E-state index in [1.54, 1.807) is 16.9 Å². The summed E-state index contributed by atoms with van der Waals surface area (Å²) in [6, 6.07) is 7.26. The molecule has 4 nitrogen and oxygen atoms in total. The van der Waals surface area contributed by atoms with Gasteiger partial charge < -0.3 is 4.74 Å². The van der Waals surface area contributed by atoms with Crippen LogP contribution in [0.15, 0.2) is 42.7 Å². The highest BCUT2D eigenvalue weighted by Gasteiger charge is 2.31. The fourth-order valence-corrected chi connectivity index (χ4v) is 3.42. The highest BCUT2D eigenvalue weighted by Crippen LogP contribution is 2.35. The standard InChI is InChI=1S/C20H17F3N2O2/c21-16-9-14(10-17(22)20(16)23)27-13-7-12(8-13)4-5-19(26)15-11-24-25-6-2-1-3-18(15)25/h1-3,6,9-13H,4-5,7-8H2. The van der Waals surface area contributed by atoms with Gasteiger partial charge in [0.05, 0.1) is 23.4 Å².